The lowest BCUT2D eigenvalue weighted by atomic mass is 9.88. The van der Waals surface area contributed by atoms with E-state index in [-0.39, 0.29) is 11.8 Å². The quantitative estimate of drug-likeness (QED) is 0.838. The van der Waals surface area contributed by atoms with Crippen LogP contribution in [0.1, 0.15) is 37.9 Å². The van der Waals surface area contributed by atoms with E-state index < -0.39 is 0 Å². The van der Waals surface area contributed by atoms with Gasteiger partial charge >= 0.3 is 0 Å². The molecule has 21 heavy (non-hydrogen) atoms. The predicted molar refractivity (Wildman–Crippen MR) is 85.2 cm³/mol. The molecule has 1 aliphatic carbocycles. The Bertz CT molecular complexity index is 653. The number of fused-ring (bicyclic) bond motifs is 1. The van der Waals surface area contributed by atoms with E-state index >= 15 is 0 Å². The molecule has 4 heteroatoms. The SMILES string of the molecule is C=CCc1nc2ccc(NC(=O)C3CCCCC3)cc2[nH]1. The molecule has 0 bridgehead atoms. The molecular formula is C17H21N3O. The molecule has 0 atom stereocenters. The number of hydrogen-bond acceptors (Lipinski definition) is 2. The van der Waals surface area contributed by atoms with Gasteiger partial charge in [0.2, 0.25) is 5.91 Å². The fourth-order valence-electron chi connectivity index (χ4n) is 2.98. The molecule has 1 aliphatic rings. The summed E-state index contributed by atoms with van der Waals surface area (Å²) < 4.78 is 0. The highest BCUT2D eigenvalue weighted by Gasteiger charge is 2.21. The molecule has 4 nitrogen and oxygen atoms in total. The maximum atomic E-state index is 12.3. The molecule has 0 spiro atoms. The second-order valence-electron chi connectivity index (χ2n) is 5.73. The maximum absolute atomic E-state index is 12.3. The van der Waals surface area contributed by atoms with Crippen molar-refractivity contribution in [2.45, 2.75) is 38.5 Å². The van der Waals surface area contributed by atoms with Gasteiger partial charge in [0.25, 0.3) is 0 Å². The normalized spacial score (nSPS) is 16.0. The van der Waals surface area contributed by atoms with E-state index in [1.165, 1.54) is 19.3 Å². The van der Waals surface area contributed by atoms with Crippen molar-refractivity contribution in [2.24, 2.45) is 5.92 Å². The van der Waals surface area contributed by atoms with Crippen LogP contribution in [0.2, 0.25) is 0 Å². The van der Waals surface area contributed by atoms with Gasteiger partial charge in [0, 0.05) is 18.0 Å². The van der Waals surface area contributed by atoms with Crippen LogP contribution >= 0.6 is 0 Å². The summed E-state index contributed by atoms with van der Waals surface area (Å²) in [6, 6.07) is 5.81. The number of carbonyl (C=O) groups excluding carboxylic acids is 1. The number of amides is 1. The summed E-state index contributed by atoms with van der Waals surface area (Å²) in [6.45, 7) is 3.72. The number of allylic oxidation sites excluding steroid dienone is 1. The first-order chi connectivity index (χ1) is 10.3. The third kappa shape index (κ3) is 3.15. The second kappa shape index (κ2) is 6.12. The molecule has 0 aliphatic heterocycles. The number of H-pyrrole nitrogens is 1. The Hall–Kier alpha value is -2.10. The number of hydrogen-bond donors (Lipinski definition) is 2. The molecule has 1 saturated carbocycles. The van der Waals surface area contributed by atoms with Crippen LogP contribution in [0.25, 0.3) is 11.0 Å². The zero-order valence-corrected chi connectivity index (χ0v) is 12.2. The van der Waals surface area contributed by atoms with Crippen LogP contribution in [-0.4, -0.2) is 15.9 Å². The van der Waals surface area contributed by atoms with E-state index in [4.69, 9.17) is 0 Å². The number of carbonyl (C=O) groups is 1. The number of nitrogens with one attached hydrogen (secondary N) is 2. The first-order valence-corrected chi connectivity index (χ1v) is 7.66. The smallest absolute Gasteiger partial charge is 0.227 e. The van der Waals surface area contributed by atoms with Gasteiger partial charge in [0.15, 0.2) is 0 Å². The summed E-state index contributed by atoms with van der Waals surface area (Å²) in [5.41, 5.74) is 2.71. The summed E-state index contributed by atoms with van der Waals surface area (Å²) in [6.07, 6.45) is 8.17. The lowest BCUT2D eigenvalue weighted by Gasteiger charge is -2.20. The molecule has 0 radical (unpaired) electrons. The van der Waals surface area contributed by atoms with Crippen LogP contribution in [0, 0.1) is 5.92 Å². The Labute approximate surface area is 124 Å². The van der Waals surface area contributed by atoms with E-state index in [2.05, 4.69) is 21.9 Å². The number of aromatic nitrogens is 2. The van der Waals surface area contributed by atoms with Crippen LogP contribution < -0.4 is 5.32 Å². The number of anilines is 1. The molecular weight excluding hydrogens is 262 g/mol. The first kappa shape index (κ1) is 13.9. The number of nitrogens with zero attached hydrogens (tertiary/aromatic N) is 1. The standard InChI is InChI=1S/C17H21N3O/c1-2-6-16-19-14-10-9-13(11-15(14)20-16)18-17(21)12-7-4-3-5-8-12/h2,9-12H,1,3-8H2,(H,18,21)(H,19,20). The van der Waals surface area contributed by atoms with Crippen molar-refractivity contribution in [1.82, 2.24) is 9.97 Å². The molecule has 2 N–H and O–H groups in total. The third-order valence-electron chi connectivity index (χ3n) is 4.11. The number of rotatable bonds is 4. The lowest BCUT2D eigenvalue weighted by Crippen LogP contribution is -2.24. The van der Waals surface area contributed by atoms with Crippen molar-refractivity contribution < 1.29 is 4.79 Å². The molecule has 3 rings (SSSR count). The van der Waals surface area contributed by atoms with Crippen LogP contribution in [0.4, 0.5) is 5.69 Å². The fraction of sp³-hybridized carbons (Fsp3) is 0.412. The molecule has 1 fully saturated rings. The van der Waals surface area contributed by atoms with E-state index in [0.29, 0.717) is 0 Å². The minimum absolute atomic E-state index is 0.153. The summed E-state index contributed by atoms with van der Waals surface area (Å²) in [4.78, 5) is 20.0. The zero-order valence-electron chi connectivity index (χ0n) is 12.2. The lowest BCUT2D eigenvalue weighted by molar-refractivity contribution is -0.120. The monoisotopic (exact) mass is 283 g/mol. The van der Waals surface area contributed by atoms with Crippen molar-refractivity contribution in [1.29, 1.82) is 0 Å². The molecule has 2 aromatic rings. The largest absolute Gasteiger partial charge is 0.342 e. The summed E-state index contributed by atoms with van der Waals surface area (Å²) in [5.74, 6) is 1.23. The minimum atomic E-state index is 0.153. The third-order valence-corrected chi connectivity index (χ3v) is 4.11. The van der Waals surface area contributed by atoms with Gasteiger partial charge in [-0.3, -0.25) is 4.79 Å². The highest BCUT2D eigenvalue weighted by atomic mass is 16.1. The molecule has 1 heterocycles. The van der Waals surface area contributed by atoms with Gasteiger partial charge in [-0.25, -0.2) is 4.98 Å². The molecule has 0 saturated heterocycles. The minimum Gasteiger partial charge on any atom is -0.342 e. The Morgan fingerprint density at radius 3 is 2.95 bits per heavy atom. The van der Waals surface area contributed by atoms with Gasteiger partial charge in [0.1, 0.15) is 5.82 Å². The van der Waals surface area contributed by atoms with E-state index in [1.54, 1.807) is 0 Å². The van der Waals surface area contributed by atoms with Crippen LogP contribution in [0.5, 0.6) is 0 Å². The van der Waals surface area contributed by atoms with Crippen molar-refractivity contribution in [3.05, 3.63) is 36.7 Å². The van der Waals surface area contributed by atoms with E-state index in [9.17, 15) is 4.79 Å². The summed E-state index contributed by atoms with van der Waals surface area (Å²) >= 11 is 0. The Balaban J connectivity index is 1.74. The van der Waals surface area contributed by atoms with Gasteiger partial charge < -0.3 is 10.3 Å². The fourth-order valence-corrected chi connectivity index (χ4v) is 2.98. The van der Waals surface area contributed by atoms with E-state index in [1.807, 2.05) is 24.3 Å². The van der Waals surface area contributed by atoms with Crippen LogP contribution in [0.15, 0.2) is 30.9 Å². The van der Waals surface area contributed by atoms with Gasteiger partial charge in [-0.2, -0.15) is 0 Å². The Morgan fingerprint density at radius 1 is 1.38 bits per heavy atom. The molecule has 0 unspecified atom stereocenters. The molecule has 110 valence electrons. The van der Waals surface area contributed by atoms with E-state index in [0.717, 1.165) is 41.8 Å². The Morgan fingerprint density at radius 2 is 2.19 bits per heavy atom. The van der Waals surface area contributed by atoms with Gasteiger partial charge in [-0.15, -0.1) is 6.58 Å². The van der Waals surface area contributed by atoms with Crippen molar-refractivity contribution >= 4 is 22.6 Å². The summed E-state index contributed by atoms with van der Waals surface area (Å²) in [7, 11) is 0. The first-order valence-electron chi connectivity index (χ1n) is 7.66. The molecule has 1 amide bonds. The van der Waals surface area contributed by atoms with Crippen LogP contribution in [0.3, 0.4) is 0 Å². The predicted octanol–water partition coefficient (Wildman–Crippen LogP) is 3.81. The number of aromatic amines is 1. The van der Waals surface area contributed by atoms with Crippen molar-refractivity contribution in [3.63, 3.8) is 0 Å². The molecule has 1 aromatic carbocycles. The number of imidazole rings is 1. The zero-order chi connectivity index (χ0) is 14.7. The van der Waals surface area contributed by atoms with Gasteiger partial charge in [0.05, 0.1) is 11.0 Å². The second-order valence-corrected chi connectivity index (χ2v) is 5.73. The van der Waals surface area contributed by atoms with Gasteiger partial charge in [-0.05, 0) is 31.0 Å². The topological polar surface area (TPSA) is 57.8 Å². The Kier molecular flexibility index (Phi) is 4.04. The summed E-state index contributed by atoms with van der Waals surface area (Å²) in [5, 5.41) is 3.04. The van der Waals surface area contributed by atoms with Gasteiger partial charge in [-0.1, -0.05) is 25.3 Å². The molecule has 1 aromatic heterocycles. The maximum Gasteiger partial charge on any atom is 0.227 e. The van der Waals surface area contributed by atoms with Crippen molar-refractivity contribution in [2.75, 3.05) is 5.32 Å². The van der Waals surface area contributed by atoms with Crippen molar-refractivity contribution in [3.8, 4) is 0 Å². The average Bonchev–Trinajstić information content (AvgIpc) is 2.90. The highest BCUT2D eigenvalue weighted by Crippen LogP contribution is 2.25. The highest BCUT2D eigenvalue weighted by molar-refractivity contribution is 5.94. The number of benzene rings is 1. The average molecular weight is 283 g/mol. The van der Waals surface area contributed by atoms with Crippen LogP contribution in [-0.2, 0) is 11.2 Å².